The first-order valence-corrected chi connectivity index (χ1v) is 3.40. The van der Waals surface area contributed by atoms with E-state index in [9.17, 15) is 9.59 Å². The van der Waals surface area contributed by atoms with Crippen LogP contribution in [0.25, 0.3) is 0 Å². The highest BCUT2D eigenvalue weighted by molar-refractivity contribution is 5.86. The lowest BCUT2D eigenvalue weighted by Crippen LogP contribution is -2.58. The second-order valence-electron chi connectivity index (χ2n) is 2.35. The number of aliphatic hydroxyl groups is 1. The summed E-state index contributed by atoms with van der Waals surface area (Å²) in [6.45, 7) is 1.13. The molecular weight excluding hydrogens is 148 g/mol. The SMILES string of the molecule is O=CC(O)C1NCCNC1=O. The van der Waals surface area contributed by atoms with E-state index in [1.54, 1.807) is 0 Å². The lowest BCUT2D eigenvalue weighted by molar-refractivity contribution is -0.131. The molecule has 0 aliphatic carbocycles. The van der Waals surface area contributed by atoms with Crippen molar-refractivity contribution < 1.29 is 14.7 Å². The van der Waals surface area contributed by atoms with Gasteiger partial charge in [0.25, 0.3) is 0 Å². The van der Waals surface area contributed by atoms with Gasteiger partial charge in [-0.15, -0.1) is 0 Å². The minimum absolute atomic E-state index is 0.323. The first-order valence-electron chi connectivity index (χ1n) is 3.40. The van der Waals surface area contributed by atoms with E-state index in [1.807, 2.05) is 0 Å². The van der Waals surface area contributed by atoms with Gasteiger partial charge in [-0.05, 0) is 0 Å². The Bertz CT molecular complexity index is 171. The van der Waals surface area contributed by atoms with Crippen molar-refractivity contribution in [3.8, 4) is 0 Å². The number of rotatable bonds is 2. The van der Waals surface area contributed by atoms with E-state index in [-0.39, 0.29) is 5.91 Å². The number of hydrogen-bond donors (Lipinski definition) is 3. The molecule has 0 aromatic carbocycles. The fraction of sp³-hybridized carbons (Fsp3) is 0.667. The van der Waals surface area contributed by atoms with Crippen LogP contribution in [0.15, 0.2) is 0 Å². The summed E-state index contributed by atoms with van der Waals surface area (Å²) in [5.41, 5.74) is 0. The molecule has 11 heavy (non-hydrogen) atoms. The van der Waals surface area contributed by atoms with Crippen LogP contribution in [0, 0.1) is 0 Å². The number of piperazine rings is 1. The van der Waals surface area contributed by atoms with Gasteiger partial charge < -0.3 is 20.5 Å². The molecule has 1 saturated heterocycles. The van der Waals surface area contributed by atoms with Crippen molar-refractivity contribution in [2.75, 3.05) is 13.1 Å². The maximum atomic E-state index is 10.9. The van der Waals surface area contributed by atoms with E-state index in [0.717, 1.165) is 0 Å². The lowest BCUT2D eigenvalue weighted by atomic mass is 10.1. The minimum atomic E-state index is -1.24. The van der Waals surface area contributed by atoms with Crippen molar-refractivity contribution in [1.82, 2.24) is 10.6 Å². The first-order chi connectivity index (χ1) is 5.25. The van der Waals surface area contributed by atoms with Crippen LogP contribution in [0.5, 0.6) is 0 Å². The molecule has 1 rings (SSSR count). The molecule has 5 nitrogen and oxygen atoms in total. The highest BCUT2D eigenvalue weighted by atomic mass is 16.3. The second kappa shape index (κ2) is 3.45. The molecule has 5 heteroatoms. The predicted octanol–water partition coefficient (Wildman–Crippen LogP) is -2.37. The average molecular weight is 158 g/mol. The number of aliphatic hydroxyl groups excluding tert-OH is 1. The van der Waals surface area contributed by atoms with Gasteiger partial charge >= 0.3 is 0 Å². The summed E-state index contributed by atoms with van der Waals surface area (Å²) in [6.07, 6.45) is -0.891. The van der Waals surface area contributed by atoms with Gasteiger partial charge in [0.1, 0.15) is 12.1 Å². The third-order valence-electron chi connectivity index (χ3n) is 1.55. The van der Waals surface area contributed by atoms with Crippen molar-refractivity contribution in [3.63, 3.8) is 0 Å². The fourth-order valence-electron chi connectivity index (χ4n) is 0.970. The molecule has 1 aliphatic heterocycles. The summed E-state index contributed by atoms with van der Waals surface area (Å²) in [5.74, 6) is -0.323. The Kier molecular flexibility index (Phi) is 2.56. The molecule has 62 valence electrons. The van der Waals surface area contributed by atoms with E-state index in [0.29, 0.717) is 19.4 Å². The van der Waals surface area contributed by atoms with Crippen molar-refractivity contribution in [3.05, 3.63) is 0 Å². The summed E-state index contributed by atoms with van der Waals surface area (Å²) in [7, 11) is 0. The van der Waals surface area contributed by atoms with Gasteiger partial charge in [-0.3, -0.25) is 4.79 Å². The molecule has 1 aliphatic rings. The topological polar surface area (TPSA) is 78.4 Å². The molecule has 3 N–H and O–H groups in total. The number of aldehydes is 1. The van der Waals surface area contributed by atoms with Gasteiger partial charge in [0.15, 0.2) is 6.29 Å². The van der Waals surface area contributed by atoms with Crippen LogP contribution in [0.1, 0.15) is 0 Å². The maximum Gasteiger partial charge on any atom is 0.240 e. The first kappa shape index (κ1) is 8.16. The number of nitrogens with one attached hydrogen (secondary N) is 2. The summed E-state index contributed by atoms with van der Waals surface area (Å²) in [6, 6.07) is -0.777. The van der Waals surface area contributed by atoms with Crippen LogP contribution >= 0.6 is 0 Å². The molecule has 2 unspecified atom stereocenters. The Labute approximate surface area is 63.8 Å². The molecule has 0 spiro atoms. The largest absolute Gasteiger partial charge is 0.383 e. The van der Waals surface area contributed by atoms with Crippen molar-refractivity contribution in [2.45, 2.75) is 12.1 Å². The second-order valence-corrected chi connectivity index (χ2v) is 2.35. The Hall–Kier alpha value is -0.940. The van der Waals surface area contributed by atoms with Crippen LogP contribution in [-0.4, -0.2) is 42.5 Å². The van der Waals surface area contributed by atoms with Crippen molar-refractivity contribution in [1.29, 1.82) is 0 Å². The van der Waals surface area contributed by atoms with Crippen LogP contribution in [0.2, 0.25) is 0 Å². The van der Waals surface area contributed by atoms with Crippen molar-refractivity contribution >= 4 is 12.2 Å². The third-order valence-corrected chi connectivity index (χ3v) is 1.55. The zero-order valence-electron chi connectivity index (χ0n) is 5.91. The van der Waals surface area contributed by atoms with Crippen LogP contribution in [-0.2, 0) is 9.59 Å². The number of carbonyl (C=O) groups excluding carboxylic acids is 2. The molecule has 0 aromatic rings. The summed E-state index contributed by atoms with van der Waals surface area (Å²) < 4.78 is 0. The molecule has 0 bridgehead atoms. The van der Waals surface area contributed by atoms with Crippen LogP contribution < -0.4 is 10.6 Å². The maximum absolute atomic E-state index is 10.9. The predicted molar refractivity (Wildman–Crippen MR) is 36.9 cm³/mol. The smallest absolute Gasteiger partial charge is 0.240 e. The minimum Gasteiger partial charge on any atom is -0.383 e. The lowest BCUT2D eigenvalue weighted by Gasteiger charge is -2.24. The van der Waals surface area contributed by atoms with E-state index >= 15 is 0 Å². The monoisotopic (exact) mass is 158 g/mol. The summed E-state index contributed by atoms with van der Waals surface area (Å²) in [4.78, 5) is 21.0. The Morgan fingerprint density at radius 3 is 2.91 bits per heavy atom. The van der Waals surface area contributed by atoms with Gasteiger partial charge in [0.05, 0.1) is 0 Å². The van der Waals surface area contributed by atoms with E-state index in [4.69, 9.17) is 5.11 Å². The number of carbonyl (C=O) groups is 2. The Morgan fingerprint density at radius 1 is 1.64 bits per heavy atom. The van der Waals surface area contributed by atoms with E-state index in [1.165, 1.54) is 0 Å². The average Bonchev–Trinajstić information content (AvgIpc) is 2.04. The standard InChI is InChI=1S/C6H10N2O3/c9-3-4(10)5-6(11)8-2-1-7-5/h3-5,7,10H,1-2H2,(H,8,11). The number of amides is 1. The normalized spacial score (nSPS) is 27.4. The van der Waals surface area contributed by atoms with Gasteiger partial charge in [-0.25, -0.2) is 0 Å². The number of hydrogen-bond acceptors (Lipinski definition) is 4. The highest BCUT2D eigenvalue weighted by Gasteiger charge is 2.27. The van der Waals surface area contributed by atoms with Crippen LogP contribution in [0.3, 0.4) is 0 Å². The molecule has 1 fully saturated rings. The zero-order chi connectivity index (χ0) is 8.27. The molecule has 1 heterocycles. The molecule has 1 amide bonds. The van der Waals surface area contributed by atoms with Gasteiger partial charge in [-0.1, -0.05) is 0 Å². The molecular formula is C6H10N2O3. The summed E-state index contributed by atoms with van der Waals surface area (Å²) in [5, 5.41) is 14.2. The third kappa shape index (κ3) is 1.75. The highest BCUT2D eigenvalue weighted by Crippen LogP contribution is 1.93. The Balaban J connectivity index is 2.53. The van der Waals surface area contributed by atoms with E-state index in [2.05, 4.69) is 10.6 Å². The molecule has 0 saturated carbocycles. The molecule has 0 aromatic heterocycles. The van der Waals surface area contributed by atoms with Gasteiger partial charge in [0, 0.05) is 13.1 Å². The zero-order valence-corrected chi connectivity index (χ0v) is 5.91. The van der Waals surface area contributed by atoms with Crippen molar-refractivity contribution in [2.24, 2.45) is 0 Å². The summed E-state index contributed by atoms with van der Waals surface area (Å²) >= 11 is 0. The van der Waals surface area contributed by atoms with Gasteiger partial charge in [0.2, 0.25) is 5.91 Å². The Morgan fingerprint density at radius 2 is 2.36 bits per heavy atom. The molecule has 2 atom stereocenters. The van der Waals surface area contributed by atoms with E-state index < -0.39 is 12.1 Å². The molecule has 0 radical (unpaired) electrons. The van der Waals surface area contributed by atoms with Gasteiger partial charge in [-0.2, -0.15) is 0 Å². The quantitative estimate of drug-likeness (QED) is 0.393. The fourth-order valence-corrected chi connectivity index (χ4v) is 0.970. The van der Waals surface area contributed by atoms with Crippen LogP contribution in [0.4, 0.5) is 0 Å².